The van der Waals surface area contributed by atoms with Crippen LogP contribution < -0.4 is 9.47 Å². The molecule has 0 radical (unpaired) electrons. The van der Waals surface area contributed by atoms with Crippen LogP contribution in [0.3, 0.4) is 0 Å². The molecule has 0 saturated carbocycles. The lowest BCUT2D eigenvalue weighted by Gasteiger charge is -2.35. The van der Waals surface area contributed by atoms with Crippen molar-refractivity contribution in [2.45, 2.75) is 6.18 Å². The molecule has 0 unspecified atom stereocenters. The number of benzene rings is 2. The van der Waals surface area contributed by atoms with Gasteiger partial charge in [0.05, 0.1) is 25.3 Å². The van der Waals surface area contributed by atoms with Gasteiger partial charge in [-0.2, -0.15) is 13.2 Å². The molecule has 2 aromatic carbocycles. The molecule has 3 rings (SSSR count). The molecule has 0 aromatic heterocycles. The van der Waals surface area contributed by atoms with Crippen molar-refractivity contribution in [2.75, 3.05) is 40.4 Å². The first kappa shape index (κ1) is 21.5. The maximum absolute atomic E-state index is 12.9. The largest absolute Gasteiger partial charge is 0.497 e. The van der Waals surface area contributed by atoms with E-state index in [1.54, 1.807) is 23.1 Å². The summed E-state index contributed by atoms with van der Waals surface area (Å²) in [6.07, 6.45) is -4.45. The van der Waals surface area contributed by atoms with E-state index in [2.05, 4.69) is 0 Å². The first-order chi connectivity index (χ1) is 14.2. The SMILES string of the molecule is COc1ccc(C(=O)N2CCN(C(=O)c3ccc(C(F)(F)F)cc3)CC2)c(OC)c1. The molecular weight excluding hydrogens is 401 g/mol. The lowest BCUT2D eigenvalue weighted by atomic mass is 10.1. The second-order valence-electron chi connectivity index (χ2n) is 6.73. The average molecular weight is 422 g/mol. The predicted molar refractivity (Wildman–Crippen MR) is 103 cm³/mol. The van der Waals surface area contributed by atoms with Crippen LogP contribution >= 0.6 is 0 Å². The molecule has 1 aliphatic heterocycles. The van der Waals surface area contributed by atoms with E-state index in [-0.39, 0.29) is 30.5 Å². The van der Waals surface area contributed by atoms with E-state index in [1.807, 2.05) is 0 Å². The molecule has 0 aliphatic carbocycles. The maximum atomic E-state index is 12.9. The number of nitrogens with zero attached hydrogens (tertiary/aromatic N) is 2. The minimum absolute atomic E-state index is 0.180. The Hall–Kier alpha value is -3.23. The summed E-state index contributed by atoms with van der Waals surface area (Å²) in [6, 6.07) is 9.04. The second kappa shape index (κ2) is 8.64. The van der Waals surface area contributed by atoms with Crippen molar-refractivity contribution in [3.63, 3.8) is 0 Å². The smallest absolute Gasteiger partial charge is 0.416 e. The lowest BCUT2D eigenvalue weighted by Crippen LogP contribution is -2.50. The summed E-state index contributed by atoms with van der Waals surface area (Å²) in [4.78, 5) is 28.6. The van der Waals surface area contributed by atoms with Crippen molar-refractivity contribution in [3.05, 3.63) is 59.2 Å². The van der Waals surface area contributed by atoms with Crippen molar-refractivity contribution in [3.8, 4) is 11.5 Å². The fourth-order valence-corrected chi connectivity index (χ4v) is 3.24. The van der Waals surface area contributed by atoms with Crippen LogP contribution in [0.15, 0.2) is 42.5 Å². The Morgan fingerprint density at radius 2 is 1.40 bits per heavy atom. The van der Waals surface area contributed by atoms with Crippen LogP contribution in [-0.4, -0.2) is 62.0 Å². The van der Waals surface area contributed by atoms with Crippen LogP contribution in [0.5, 0.6) is 11.5 Å². The molecule has 0 spiro atoms. The van der Waals surface area contributed by atoms with E-state index in [4.69, 9.17) is 9.47 Å². The molecular formula is C21H21F3N2O4. The highest BCUT2D eigenvalue weighted by molar-refractivity contribution is 5.98. The highest BCUT2D eigenvalue weighted by Gasteiger charge is 2.31. The number of ether oxygens (including phenoxy) is 2. The summed E-state index contributed by atoms with van der Waals surface area (Å²) in [5.41, 5.74) is -0.233. The molecule has 30 heavy (non-hydrogen) atoms. The molecule has 0 atom stereocenters. The highest BCUT2D eigenvalue weighted by atomic mass is 19.4. The second-order valence-corrected chi connectivity index (χ2v) is 6.73. The number of carbonyl (C=O) groups is 2. The van der Waals surface area contributed by atoms with Gasteiger partial charge < -0.3 is 19.3 Å². The molecule has 1 aliphatic rings. The molecule has 160 valence electrons. The number of alkyl halides is 3. The van der Waals surface area contributed by atoms with Crippen molar-refractivity contribution < 1.29 is 32.2 Å². The average Bonchev–Trinajstić information content (AvgIpc) is 2.77. The molecule has 1 fully saturated rings. The van der Waals surface area contributed by atoms with E-state index in [0.717, 1.165) is 12.1 Å². The van der Waals surface area contributed by atoms with Crippen LogP contribution in [-0.2, 0) is 6.18 Å². The molecule has 6 nitrogen and oxygen atoms in total. The molecule has 9 heteroatoms. The molecule has 0 N–H and O–H groups in total. The maximum Gasteiger partial charge on any atom is 0.416 e. The molecule has 2 aromatic rings. The Balaban J connectivity index is 1.64. The van der Waals surface area contributed by atoms with Crippen LogP contribution in [0, 0.1) is 0 Å². The van der Waals surface area contributed by atoms with Gasteiger partial charge in [-0.1, -0.05) is 0 Å². The van der Waals surface area contributed by atoms with Crippen molar-refractivity contribution >= 4 is 11.8 Å². The summed E-state index contributed by atoms with van der Waals surface area (Å²) in [5, 5.41) is 0. The zero-order valence-electron chi connectivity index (χ0n) is 16.5. The zero-order valence-corrected chi connectivity index (χ0v) is 16.5. The number of hydrogen-bond donors (Lipinski definition) is 0. The van der Waals surface area contributed by atoms with Crippen molar-refractivity contribution in [1.82, 2.24) is 9.80 Å². The van der Waals surface area contributed by atoms with Crippen molar-refractivity contribution in [1.29, 1.82) is 0 Å². The third-order valence-electron chi connectivity index (χ3n) is 4.95. The number of rotatable bonds is 4. The van der Waals surface area contributed by atoms with E-state index >= 15 is 0 Å². The van der Waals surface area contributed by atoms with Gasteiger partial charge >= 0.3 is 6.18 Å². The minimum atomic E-state index is -4.45. The van der Waals surface area contributed by atoms with Gasteiger partial charge in [-0.25, -0.2) is 0 Å². The number of methoxy groups -OCH3 is 2. The summed E-state index contributed by atoms with van der Waals surface area (Å²) in [6.45, 7) is 1.18. The third-order valence-corrected chi connectivity index (χ3v) is 4.95. The van der Waals surface area contributed by atoms with E-state index in [1.165, 1.54) is 31.3 Å². The topological polar surface area (TPSA) is 59.1 Å². The Morgan fingerprint density at radius 3 is 1.90 bits per heavy atom. The standard InChI is InChI=1S/C21H21F3N2O4/c1-29-16-7-8-17(18(13-16)30-2)20(28)26-11-9-25(10-12-26)19(27)14-3-5-15(6-4-14)21(22,23)24/h3-8,13H,9-12H2,1-2H3. The molecule has 1 saturated heterocycles. The van der Waals surface area contributed by atoms with Gasteiger partial charge in [0.15, 0.2) is 0 Å². The number of carbonyl (C=O) groups excluding carboxylic acids is 2. The van der Waals surface area contributed by atoms with E-state index < -0.39 is 11.7 Å². The number of amides is 2. The van der Waals surface area contributed by atoms with Gasteiger partial charge in [0.2, 0.25) is 0 Å². The summed E-state index contributed by atoms with van der Waals surface area (Å²) in [7, 11) is 2.98. The van der Waals surface area contributed by atoms with Crippen LogP contribution in [0.2, 0.25) is 0 Å². The van der Waals surface area contributed by atoms with Gasteiger partial charge in [-0.3, -0.25) is 9.59 Å². The van der Waals surface area contributed by atoms with E-state index in [0.29, 0.717) is 30.2 Å². The number of piperazine rings is 1. The molecule has 0 bridgehead atoms. The Bertz CT molecular complexity index is 921. The molecule has 2 amide bonds. The fraction of sp³-hybridized carbons (Fsp3) is 0.333. The summed E-state index contributed by atoms with van der Waals surface area (Å²) >= 11 is 0. The Labute approximate surface area is 171 Å². The summed E-state index contributed by atoms with van der Waals surface area (Å²) < 4.78 is 48.5. The van der Waals surface area contributed by atoms with Crippen LogP contribution in [0.25, 0.3) is 0 Å². The Kier molecular flexibility index (Phi) is 6.19. The van der Waals surface area contributed by atoms with Crippen LogP contribution in [0.4, 0.5) is 13.2 Å². The number of hydrogen-bond acceptors (Lipinski definition) is 4. The normalized spacial score (nSPS) is 14.4. The first-order valence-electron chi connectivity index (χ1n) is 9.22. The van der Waals surface area contributed by atoms with Gasteiger partial charge in [-0.15, -0.1) is 0 Å². The lowest BCUT2D eigenvalue weighted by molar-refractivity contribution is -0.137. The minimum Gasteiger partial charge on any atom is -0.497 e. The van der Waals surface area contributed by atoms with Gasteiger partial charge in [-0.05, 0) is 36.4 Å². The predicted octanol–water partition coefficient (Wildman–Crippen LogP) is 3.32. The van der Waals surface area contributed by atoms with Crippen molar-refractivity contribution in [2.24, 2.45) is 0 Å². The van der Waals surface area contributed by atoms with Gasteiger partial charge in [0.25, 0.3) is 11.8 Å². The van der Waals surface area contributed by atoms with Gasteiger partial charge in [0, 0.05) is 37.8 Å². The van der Waals surface area contributed by atoms with E-state index in [9.17, 15) is 22.8 Å². The fourth-order valence-electron chi connectivity index (χ4n) is 3.24. The summed E-state index contributed by atoms with van der Waals surface area (Å²) in [5.74, 6) is 0.368. The highest BCUT2D eigenvalue weighted by Crippen LogP contribution is 2.29. The first-order valence-corrected chi connectivity index (χ1v) is 9.22. The van der Waals surface area contributed by atoms with Crippen LogP contribution in [0.1, 0.15) is 26.3 Å². The zero-order chi connectivity index (χ0) is 21.9. The quantitative estimate of drug-likeness (QED) is 0.759. The molecule has 1 heterocycles. The Morgan fingerprint density at radius 1 is 0.833 bits per heavy atom. The van der Waals surface area contributed by atoms with Gasteiger partial charge in [0.1, 0.15) is 11.5 Å². The number of halogens is 3. The monoisotopic (exact) mass is 422 g/mol. The third kappa shape index (κ3) is 4.50.